The molecule has 5 N–H and O–H groups in total. The minimum absolute atomic E-state index is 0.0712. The summed E-state index contributed by atoms with van der Waals surface area (Å²) in [5, 5.41) is 24.5. The Labute approximate surface area is 250 Å². The fourth-order valence-electron chi connectivity index (χ4n) is 5.34. The van der Waals surface area contributed by atoms with Crippen molar-refractivity contribution in [2.75, 3.05) is 12.4 Å². The molecule has 4 rings (SSSR count). The van der Waals surface area contributed by atoms with Gasteiger partial charge >= 0.3 is 12.2 Å². The molecule has 234 valence electrons. The molecular formula is C29H39N5O8S. The predicted octanol–water partition coefficient (Wildman–Crippen LogP) is 4.06. The summed E-state index contributed by atoms with van der Waals surface area (Å²) in [5.41, 5.74) is 0.569. The van der Waals surface area contributed by atoms with E-state index in [1.807, 2.05) is 30.3 Å². The van der Waals surface area contributed by atoms with Gasteiger partial charge in [0.2, 0.25) is 16.0 Å². The lowest BCUT2D eigenvalue weighted by Crippen LogP contribution is -2.61. The number of anilines is 1. The fourth-order valence-corrected chi connectivity index (χ4v) is 6.50. The van der Waals surface area contributed by atoms with Gasteiger partial charge in [0.25, 0.3) is 0 Å². The number of imidazole rings is 1. The van der Waals surface area contributed by atoms with Crippen molar-refractivity contribution >= 4 is 39.2 Å². The Kier molecular flexibility index (Phi) is 9.95. The number of benzene rings is 2. The highest BCUT2D eigenvalue weighted by Crippen LogP contribution is 2.28. The van der Waals surface area contributed by atoms with E-state index in [1.54, 1.807) is 20.8 Å². The molecule has 1 aliphatic carbocycles. The third-order valence-corrected chi connectivity index (χ3v) is 8.75. The van der Waals surface area contributed by atoms with E-state index in [0.29, 0.717) is 23.9 Å². The molecular weight excluding hydrogens is 578 g/mol. The van der Waals surface area contributed by atoms with E-state index in [1.165, 1.54) is 25.3 Å². The topological polar surface area (TPSA) is 183 Å². The highest BCUT2D eigenvalue weighted by atomic mass is 32.2. The molecule has 1 saturated carbocycles. The second-order valence-corrected chi connectivity index (χ2v) is 13.3. The fraction of sp³-hybridized carbons (Fsp3) is 0.483. The Balaban J connectivity index is 1.69. The summed E-state index contributed by atoms with van der Waals surface area (Å²) in [7, 11) is -3.10. The zero-order chi connectivity index (χ0) is 31.4. The zero-order valence-electron chi connectivity index (χ0n) is 24.6. The summed E-state index contributed by atoms with van der Waals surface area (Å²) in [6.45, 7) is 5.14. The number of nitrogens with zero attached hydrogens (tertiary/aromatic N) is 2. The zero-order valence-corrected chi connectivity index (χ0v) is 25.4. The van der Waals surface area contributed by atoms with E-state index in [2.05, 4.69) is 24.7 Å². The molecule has 1 heterocycles. The van der Waals surface area contributed by atoms with Gasteiger partial charge in [0.1, 0.15) is 12.3 Å². The van der Waals surface area contributed by atoms with E-state index >= 15 is 0 Å². The SMILES string of the molecule is COC(=O)Nc1nc2ccc(S(=O)(=O)NC(OC3CCCC3)[C@H](O)[C@H](Cc3ccccc3)N(C(=O)O)C(C)(C)C)cc2[nH]1. The van der Waals surface area contributed by atoms with Crippen molar-refractivity contribution in [2.24, 2.45) is 0 Å². The van der Waals surface area contributed by atoms with Crippen LogP contribution < -0.4 is 10.0 Å². The number of ether oxygens (including phenoxy) is 2. The number of hydrogen-bond donors (Lipinski definition) is 5. The number of rotatable bonds is 11. The van der Waals surface area contributed by atoms with Crippen LogP contribution in [0.5, 0.6) is 0 Å². The van der Waals surface area contributed by atoms with Crippen LogP contribution in [0.1, 0.15) is 52.0 Å². The van der Waals surface area contributed by atoms with Crippen LogP contribution in [0.15, 0.2) is 53.4 Å². The van der Waals surface area contributed by atoms with Crippen LogP contribution in [0.3, 0.4) is 0 Å². The van der Waals surface area contributed by atoms with Gasteiger partial charge in [-0.1, -0.05) is 43.2 Å². The minimum Gasteiger partial charge on any atom is -0.465 e. The number of carbonyl (C=O) groups excluding carboxylic acids is 1. The van der Waals surface area contributed by atoms with E-state index in [4.69, 9.17) is 4.74 Å². The van der Waals surface area contributed by atoms with Gasteiger partial charge in [0, 0.05) is 5.54 Å². The van der Waals surface area contributed by atoms with E-state index in [0.717, 1.165) is 23.3 Å². The molecule has 0 aliphatic heterocycles. The predicted molar refractivity (Wildman–Crippen MR) is 159 cm³/mol. The maximum absolute atomic E-state index is 13.7. The van der Waals surface area contributed by atoms with Gasteiger partial charge in [-0.2, -0.15) is 4.72 Å². The molecule has 3 atom stereocenters. The molecule has 0 radical (unpaired) electrons. The number of amides is 2. The van der Waals surface area contributed by atoms with Crippen molar-refractivity contribution in [3.8, 4) is 0 Å². The summed E-state index contributed by atoms with van der Waals surface area (Å²) in [6.07, 6.45) is -2.05. The first-order chi connectivity index (χ1) is 20.3. The Morgan fingerprint density at radius 2 is 1.81 bits per heavy atom. The standard InChI is InChI=1S/C29H39N5O8S/c1-29(2,3)34(28(37)38)23(16-18-10-6-5-7-11-18)24(35)25(42-19-12-8-9-13-19)33-43(39,40)20-14-15-21-22(17-20)31-26(30-21)32-27(36)41-4/h5-7,10-11,14-15,17,19,23-25,33,35H,8-9,12-13,16H2,1-4H3,(H,37,38)(H2,30,31,32,36)/t23-,24+,25?/m0/s1. The molecule has 43 heavy (non-hydrogen) atoms. The van der Waals surface area contributed by atoms with Crippen molar-refractivity contribution in [3.05, 3.63) is 54.1 Å². The van der Waals surface area contributed by atoms with E-state index in [9.17, 15) is 28.2 Å². The molecule has 1 unspecified atom stereocenters. The molecule has 1 fully saturated rings. The number of aromatic nitrogens is 2. The van der Waals surface area contributed by atoms with Crippen LogP contribution in [0, 0.1) is 0 Å². The van der Waals surface area contributed by atoms with Crippen LogP contribution in [-0.2, 0) is 25.9 Å². The lowest BCUT2D eigenvalue weighted by atomic mass is 9.94. The number of hydrogen-bond acceptors (Lipinski definition) is 8. The minimum atomic E-state index is -4.30. The molecule has 1 aromatic heterocycles. The Bertz CT molecular complexity index is 1520. The van der Waals surface area contributed by atoms with Crippen LogP contribution in [0.2, 0.25) is 0 Å². The molecule has 1 aliphatic rings. The van der Waals surface area contributed by atoms with Gasteiger partial charge in [0.05, 0.1) is 35.2 Å². The van der Waals surface area contributed by atoms with Gasteiger partial charge in [-0.05, 0) is 63.8 Å². The number of sulfonamides is 1. The van der Waals surface area contributed by atoms with E-state index in [-0.39, 0.29) is 23.4 Å². The number of nitrogens with one attached hydrogen (secondary N) is 3. The number of carbonyl (C=O) groups is 2. The maximum Gasteiger partial charge on any atom is 0.413 e. The number of H-pyrrole nitrogens is 1. The largest absolute Gasteiger partial charge is 0.465 e. The van der Waals surface area contributed by atoms with Crippen LogP contribution in [-0.4, -0.2) is 82.8 Å². The molecule has 3 aromatic rings. The Morgan fingerprint density at radius 1 is 1.14 bits per heavy atom. The highest BCUT2D eigenvalue weighted by Gasteiger charge is 2.42. The number of aliphatic hydroxyl groups is 1. The summed E-state index contributed by atoms with van der Waals surface area (Å²) < 4.78 is 40.7. The number of carboxylic acid groups (broad SMARTS) is 1. The van der Waals surface area contributed by atoms with Crippen molar-refractivity contribution in [3.63, 3.8) is 0 Å². The third-order valence-electron chi connectivity index (χ3n) is 7.33. The number of fused-ring (bicyclic) bond motifs is 1. The van der Waals surface area contributed by atoms with Crippen molar-refractivity contribution in [2.45, 2.75) is 87.8 Å². The van der Waals surface area contributed by atoms with Gasteiger partial charge in [0.15, 0.2) is 0 Å². The van der Waals surface area contributed by atoms with Crippen molar-refractivity contribution in [1.29, 1.82) is 0 Å². The number of aromatic amines is 1. The quantitative estimate of drug-likeness (QED) is 0.198. The summed E-state index contributed by atoms with van der Waals surface area (Å²) in [4.78, 5) is 32.1. The first-order valence-electron chi connectivity index (χ1n) is 14.1. The number of aliphatic hydroxyl groups excluding tert-OH is 1. The number of methoxy groups -OCH3 is 1. The molecule has 2 aromatic carbocycles. The van der Waals surface area contributed by atoms with Gasteiger partial charge in [-0.15, -0.1) is 0 Å². The van der Waals surface area contributed by atoms with Crippen molar-refractivity contribution < 1.29 is 37.7 Å². The lowest BCUT2D eigenvalue weighted by Gasteiger charge is -2.43. The average molecular weight is 618 g/mol. The van der Waals surface area contributed by atoms with Crippen LogP contribution in [0.25, 0.3) is 11.0 Å². The van der Waals surface area contributed by atoms with Crippen molar-refractivity contribution in [1.82, 2.24) is 19.6 Å². The molecule has 13 nitrogen and oxygen atoms in total. The second kappa shape index (κ2) is 13.3. The summed E-state index contributed by atoms with van der Waals surface area (Å²) in [5.74, 6) is 0.0712. The molecule has 14 heteroatoms. The average Bonchev–Trinajstić information content (AvgIpc) is 3.60. The molecule has 0 spiro atoms. The first-order valence-corrected chi connectivity index (χ1v) is 15.5. The lowest BCUT2D eigenvalue weighted by molar-refractivity contribution is -0.110. The molecule has 2 amide bonds. The molecule has 0 saturated heterocycles. The van der Waals surface area contributed by atoms with Gasteiger partial charge in [-0.25, -0.2) is 23.0 Å². The summed E-state index contributed by atoms with van der Waals surface area (Å²) in [6, 6.07) is 12.2. The van der Waals surface area contributed by atoms with E-state index < -0.39 is 46.1 Å². The monoisotopic (exact) mass is 617 g/mol. The van der Waals surface area contributed by atoms with Gasteiger partial charge < -0.3 is 24.7 Å². The smallest absolute Gasteiger partial charge is 0.413 e. The Morgan fingerprint density at radius 3 is 2.42 bits per heavy atom. The Hall–Kier alpha value is -3.72. The van der Waals surface area contributed by atoms with Crippen LogP contribution in [0.4, 0.5) is 15.5 Å². The summed E-state index contributed by atoms with van der Waals surface area (Å²) >= 11 is 0. The normalized spacial score (nSPS) is 16.5. The maximum atomic E-state index is 13.7. The first kappa shape index (κ1) is 32.2. The van der Waals surface area contributed by atoms with Crippen LogP contribution >= 0.6 is 0 Å². The highest BCUT2D eigenvalue weighted by molar-refractivity contribution is 7.89. The molecule has 0 bridgehead atoms. The third kappa shape index (κ3) is 8.02. The van der Waals surface area contributed by atoms with Gasteiger partial charge in [-0.3, -0.25) is 10.2 Å². The second-order valence-electron chi connectivity index (χ2n) is 11.5.